The van der Waals surface area contributed by atoms with Crippen molar-refractivity contribution in [1.29, 1.82) is 0 Å². The number of aromatic nitrogens is 1. The van der Waals surface area contributed by atoms with Crippen LogP contribution in [0, 0.1) is 20.8 Å². The summed E-state index contributed by atoms with van der Waals surface area (Å²) >= 11 is 0. The summed E-state index contributed by atoms with van der Waals surface area (Å²) in [5.74, 6) is -0.698. The van der Waals surface area contributed by atoms with E-state index in [9.17, 15) is 14.4 Å². The number of nitrogens with zero attached hydrogens (tertiary/aromatic N) is 2. The van der Waals surface area contributed by atoms with Crippen molar-refractivity contribution >= 4 is 17.7 Å². The van der Waals surface area contributed by atoms with Gasteiger partial charge >= 0.3 is 6.03 Å². The van der Waals surface area contributed by atoms with Crippen LogP contribution in [0.15, 0.2) is 60.7 Å². The number of hydrogen-bond donors (Lipinski definition) is 1. The zero-order valence-electron chi connectivity index (χ0n) is 18.1. The van der Waals surface area contributed by atoms with Gasteiger partial charge < -0.3 is 9.88 Å². The molecular weight excluding hydrogens is 390 g/mol. The lowest BCUT2D eigenvalue weighted by atomic mass is 9.92. The van der Waals surface area contributed by atoms with Crippen LogP contribution in [0.1, 0.15) is 39.8 Å². The Hall–Kier alpha value is -3.67. The predicted molar refractivity (Wildman–Crippen MR) is 118 cm³/mol. The molecule has 2 aromatic carbocycles. The molecule has 2 heterocycles. The molecular formula is C25H25N3O3. The molecule has 6 nitrogen and oxygen atoms in total. The van der Waals surface area contributed by atoms with E-state index in [4.69, 9.17) is 0 Å². The van der Waals surface area contributed by atoms with Crippen molar-refractivity contribution in [2.75, 3.05) is 6.54 Å². The maximum Gasteiger partial charge on any atom is 0.325 e. The largest absolute Gasteiger partial charge is 0.325 e. The zero-order valence-corrected chi connectivity index (χ0v) is 18.1. The van der Waals surface area contributed by atoms with Crippen LogP contribution in [-0.2, 0) is 10.3 Å². The summed E-state index contributed by atoms with van der Waals surface area (Å²) in [6.45, 7) is 7.20. The highest BCUT2D eigenvalue weighted by Crippen LogP contribution is 2.29. The predicted octanol–water partition coefficient (Wildman–Crippen LogP) is 4.05. The number of Topliss-reactive ketones (excluding diaryl/α,β-unsaturated/α-hetero) is 1. The third-order valence-electron chi connectivity index (χ3n) is 5.95. The maximum atomic E-state index is 13.1. The van der Waals surface area contributed by atoms with Gasteiger partial charge in [0.1, 0.15) is 5.54 Å². The van der Waals surface area contributed by atoms with Crippen LogP contribution < -0.4 is 5.32 Å². The molecule has 1 N–H and O–H groups in total. The van der Waals surface area contributed by atoms with E-state index in [-0.39, 0.29) is 12.3 Å². The van der Waals surface area contributed by atoms with Gasteiger partial charge in [-0.05, 0) is 51.5 Å². The lowest BCUT2D eigenvalue weighted by molar-refractivity contribution is -0.130. The van der Waals surface area contributed by atoms with Gasteiger partial charge in [0.25, 0.3) is 5.91 Å². The van der Waals surface area contributed by atoms with Crippen LogP contribution >= 0.6 is 0 Å². The number of amides is 3. The van der Waals surface area contributed by atoms with Gasteiger partial charge in [-0.3, -0.25) is 14.5 Å². The van der Waals surface area contributed by atoms with Gasteiger partial charge in [0.05, 0.1) is 6.54 Å². The first-order valence-corrected chi connectivity index (χ1v) is 10.2. The minimum absolute atomic E-state index is 0.271. The molecule has 0 radical (unpaired) electrons. The maximum absolute atomic E-state index is 13.1. The molecule has 0 spiro atoms. The lowest BCUT2D eigenvalue weighted by Gasteiger charge is -2.22. The van der Waals surface area contributed by atoms with Crippen molar-refractivity contribution in [3.05, 3.63) is 88.7 Å². The van der Waals surface area contributed by atoms with Crippen LogP contribution in [0.4, 0.5) is 4.79 Å². The molecule has 1 atom stereocenters. The highest BCUT2D eigenvalue weighted by atomic mass is 16.2. The minimum Gasteiger partial charge on any atom is -0.319 e. The standard InChI is InChI=1S/C25H25N3O3/c1-16-10-12-20(13-11-16)28-17(2)14-21(18(28)3)22(29)15-27-23(30)25(4,26-24(27)31)19-8-6-5-7-9-19/h5-14H,15H2,1-4H3,(H,26,31). The van der Waals surface area contributed by atoms with E-state index in [1.165, 1.54) is 0 Å². The van der Waals surface area contributed by atoms with Gasteiger partial charge in [-0.15, -0.1) is 0 Å². The van der Waals surface area contributed by atoms with Crippen LogP contribution in [0.5, 0.6) is 0 Å². The van der Waals surface area contributed by atoms with E-state index in [2.05, 4.69) is 5.32 Å². The van der Waals surface area contributed by atoms with Gasteiger partial charge in [-0.2, -0.15) is 0 Å². The topological polar surface area (TPSA) is 71.4 Å². The second-order valence-corrected chi connectivity index (χ2v) is 8.19. The number of ketones is 1. The molecule has 31 heavy (non-hydrogen) atoms. The molecule has 1 aliphatic rings. The second-order valence-electron chi connectivity index (χ2n) is 8.19. The Kier molecular flexibility index (Phi) is 5.01. The Balaban J connectivity index is 1.60. The van der Waals surface area contributed by atoms with Gasteiger partial charge in [0, 0.05) is 22.6 Å². The molecule has 1 saturated heterocycles. The normalized spacial score (nSPS) is 18.4. The van der Waals surface area contributed by atoms with E-state index in [0.29, 0.717) is 11.1 Å². The second kappa shape index (κ2) is 7.54. The Bertz CT molecular complexity index is 1180. The third kappa shape index (κ3) is 3.44. The number of nitrogens with one attached hydrogen (secondary N) is 1. The molecule has 1 fully saturated rings. The minimum atomic E-state index is -1.18. The van der Waals surface area contributed by atoms with Crippen LogP contribution in [0.2, 0.25) is 0 Å². The molecule has 3 aromatic rings. The Morgan fingerprint density at radius 2 is 1.61 bits per heavy atom. The van der Waals surface area contributed by atoms with Crippen molar-refractivity contribution in [1.82, 2.24) is 14.8 Å². The van der Waals surface area contributed by atoms with Crippen molar-refractivity contribution in [3.63, 3.8) is 0 Å². The Morgan fingerprint density at radius 1 is 0.968 bits per heavy atom. The average Bonchev–Trinajstić information content (AvgIpc) is 3.17. The first-order valence-electron chi connectivity index (χ1n) is 10.2. The van der Waals surface area contributed by atoms with Crippen LogP contribution in [0.3, 0.4) is 0 Å². The molecule has 1 aromatic heterocycles. The number of carbonyl (C=O) groups is 3. The van der Waals surface area contributed by atoms with Gasteiger partial charge in [-0.1, -0.05) is 48.0 Å². The summed E-state index contributed by atoms with van der Waals surface area (Å²) in [6.07, 6.45) is 0. The van der Waals surface area contributed by atoms with E-state index >= 15 is 0 Å². The van der Waals surface area contributed by atoms with E-state index < -0.39 is 17.5 Å². The Morgan fingerprint density at radius 3 is 2.26 bits per heavy atom. The highest BCUT2D eigenvalue weighted by Gasteiger charge is 2.49. The monoisotopic (exact) mass is 415 g/mol. The first kappa shape index (κ1) is 20.6. The number of carbonyl (C=O) groups excluding carboxylic acids is 3. The molecule has 6 heteroatoms. The number of urea groups is 1. The van der Waals surface area contributed by atoms with Crippen molar-refractivity contribution in [2.24, 2.45) is 0 Å². The molecule has 4 rings (SSSR count). The van der Waals surface area contributed by atoms with Crippen molar-refractivity contribution in [3.8, 4) is 5.69 Å². The fourth-order valence-corrected chi connectivity index (χ4v) is 4.17. The van der Waals surface area contributed by atoms with E-state index in [1.807, 2.05) is 73.9 Å². The quantitative estimate of drug-likeness (QED) is 0.505. The molecule has 1 unspecified atom stereocenters. The highest BCUT2D eigenvalue weighted by molar-refractivity contribution is 6.11. The summed E-state index contributed by atoms with van der Waals surface area (Å²) in [6, 6.07) is 18.4. The average molecular weight is 415 g/mol. The summed E-state index contributed by atoms with van der Waals surface area (Å²) in [5.41, 5.74) is 3.82. The van der Waals surface area contributed by atoms with E-state index in [0.717, 1.165) is 27.5 Å². The van der Waals surface area contributed by atoms with E-state index in [1.54, 1.807) is 19.1 Å². The summed E-state index contributed by atoms with van der Waals surface area (Å²) in [4.78, 5) is 39.8. The molecule has 0 aliphatic carbocycles. The number of aryl methyl sites for hydroxylation is 2. The third-order valence-corrected chi connectivity index (χ3v) is 5.95. The fraction of sp³-hybridized carbons (Fsp3) is 0.240. The lowest BCUT2D eigenvalue weighted by Crippen LogP contribution is -2.41. The molecule has 158 valence electrons. The number of imide groups is 1. The smallest absolute Gasteiger partial charge is 0.319 e. The van der Waals surface area contributed by atoms with Gasteiger partial charge in [-0.25, -0.2) is 4.79 Å². The summed E-state index contributed by atoms with van der Waals surface area (Å²) in [7, 11) is 0. The molecule has 3 amide bonds. The first-order chi connectivity index (χ1) is 14.7. The number of hydrogen-bond acceptors (Lipinski definition) is 3. The van der Waals surface area contributed by atoms with Crippen LogP contribution in [-0.4, -0.2) is 33.7 Å². The Labute approximate surface area is 181 Å². The van der Waals surface area contributed by atoms with Crippen molar-refractivity contribution in [2.45, 2.75) is 33.2 Å². The SMILES string of the molecule is Cc1ccc(-n2c(C)cc(C(=O)CN3C(=O)NC(C)(c4ccccc4)C3=O)c2C)cc1. The van der Waals surface area contributed by atoms with Crippen LogP contribution in [0.25, 0.3) is 5.69 Å². The number of rotatable bonds is 5. The van der Waals surface area contributed by atoms with Gasteiger partial charge in [0.15, 0.2) is 5.78 Å². The van der Waals surface area contributed by atoms with Gasteiger partial charge in [0.2, 0.25) is 0 Å². The fourth-order valence-electron chi connectivity index (χ4n) is 4.17. The molecule has 1 aliphatic heterocycles. The number of benzene rings is 2. The molecule has 0 bridgehead atoms. The summed E-state index contributed by atoms with van der Waals surface area (Å²) < 4.78 is 2.01. The summed E-state index contributed by atoms with van der Waals surface area (Å²) in [5, 5.41) is 2.75. The zero-order chi connectivity index (χ0) is 22.3. The van der Waals surface area contributed by atoms with Crippen molar-refractivity contribution < 1.29 is 14.4 Å². The molecule has 0 saturated carbocycles.